The van der Waals surface area contributed by atoms with Gasteiger partial charge in [0.15, 0.2) is 19.7 Å². The van der Waals surface area contributed by atoms with E-state index in [1.165, 1.54) is 12.3 Å². The zero-order valence-electron chi connectivity index (χ0n) is 24.6. The van der Waals surface area contributed by atoms with Gasteiger partial charge in [-0.2, -0.15) is 23.7 Å². The fourth-order valence-electron chi connectivity index (χ4n) is 5.07. The third kappa shape index (κ3) is 11.7. The zero-order valence-corrected chi connectivity index (χ0v) is 27.0. The van der Waals surface area contributed by atoms with Gasteiger partial charge in [0.25, 0.3) is 0 Å². The standard InChI is InChI=1S/C15H17F3N2O3S.C14H17ClN2O3S/c1-24(21,22)9-14(10-4-5-20-8-10)23-12-2-3-13(15(16,17)18)11(6-12)7-19;1-21(18,19)9-14(10-4-5-17-8-10)20-12-2-3-13(15)11(6-12)7-16/h2-3,6,10,14,20H,4-5,8-9H2,1H3;2-3,6,10,14,17H,4-5,8-9H2,1H3/t10-,14-;10-,14+/m00/s1. The molecule has 2 aliphatic heterocycles. The van der Waals surface area contributed by atoms with Crippen LogP contribution in [-0.4, -0.2) is 79.2 Å². The van der Waals surface area contributed by atoms with E-state index in [1.54, 1.807) is 18.2 Å². The molecule has 16 heteroatoms. The minimum atomic E-state index is -4.63. The van der Waals surface area contributed by atoms with E-state index >= 15 is 0 Å². The van der Waals surface area contributed by atoms with Crippen molar-refractivity contribution in [1.29, 1.82) is 10.5 Å². The van der Waals surface area contributed by atoms with Gasteiger partial charge in [-0.25, -0.2) is 16.8 Å². The molecule has 2 fully saturated rings. The van der Waals surface area contributed by atoms with Crippen molar-refractivity contribution >= 4 is 31.3 Å². The fourth-order valence-corrected chi connectivity index (χ4v) is 7.10. The number of nitrogens with zero attached hydrogens (tertiary/aromatic N) is 2. The molecule has 45 heavy (non-hydrogen) atoms. The van der Waals surface area contributed by atoms with Gasteiger partial charge in [-0.15, -0.1) is 0 Å². The second-order valence-corrected chi connectivity index (χ2v) is 15.9. The van der Waals surface area contributed by atoms with Gasteiger partial charge in [-0.3, -0.25) is 0 Å². The van der Waals surface area contributed by atoms with Crippen LogP contribution in [0, 0.1) is 34.5 Å². The average Bonchev–Trinajstić information content (AvgIpc) is 3.67. The molecule has 0 radical (unpaired) electrons. The summed E-state index contributed by atoms with van der Waals surface area (Å²) in [7, 11) is -6.47. The lowest BCUT2D eigenvalue weighted by molar-refractivity contribution is -0.137. The van der Waals surface area contributed by atoms with E-state index in [-0.39, 0.29) is 29.1 Å². The molecular formula is C29H34ClF3N4O6S2. The van der Waals surface area contributed by atoms with Crippen LogP contribution in [0.4, 0.5) is 13.2 Å². The second-order valence-electron chi connectivity index (χ2n) is 11.1. The van der Waals surface area contributed by atoms with E-state index in [4.69, 9.17) is 31.6 Å². The Hall–Kier alpha value is -3.08. The van der Waals surface area contributed by atoms with Crippen LogP contribution in [0.1, 0.15) is 29.5 Å². The Morgan fingerprint density at radius 3 is 1.67 bits per heavy atom. The number of halogens is 4. The Kier molecular flexibility index (Phi) is 12.5. The minimum Gasteiger partial charge on any atom is -0.489 e. The van der Waals surface area contributed by atoms with Crippen molar-refractivity contribution in [3.05, 3.63) is 58.1 Å². The highest BCUT2D eigenvalue weighted by Gasteiger charge is 2.35. The van der Waals surface area contributed by atoms with Crippen molar-refractivity contribution in [3.8, 4) is 23.6 Å². The van der Waals surface area contributed by atoms with Gasteiger partial charge >= 0.3 is 6.18 Å². The smallest absolute Gasteiger partial charge is 0.417 e. The summed E-state index contributed by atoms with van der Waals surface area (Å²) in [5.74, 6) is 0.330. The monoisotopic (exact) mass is 690 g/mol. The van der Waals surface area contributed by atoms with Gasteiger partial charge in [0.1, 0.15) is 29.8 Å². The van der Waals surface area contributed by atoms with E-state index in [1.807, 2.05) is 6.07 Å². The van der Waals surface area contributed by atoms with E-state index < -0.39 is 49.2 Å². The molecule has 10 nitrogen and oxygen atoms in total. The minimum absolute atomic E-state index is 0.0378. The van der Waals surface area contributed by atoms with E-state index in [0.717, 1.165) is 50.5 Å². The van der Waals surface area contributed by atoms with Gasteiger partial charge in [-0.05, 0) is 62.3 Å². The maximum absolute atomic E-state index is 12.8. The lowest BCUT2D eigenvalue weighted by Gasteiger charge is -2.24. The molecule has 0 saturated carbocycles. The molecule has 2 aliphatic rings. The van der Waals surface area contributed by atoms with Crippen molar-refractivity contribution in [2.45, 2.75) is 31.2 Å². The SMILES string of the molecule is CS(=O)(=O)C[C@@H](Oc1ccc(Cl)c(C#N)c1)[C@H]1CCNC1.CS(=O)(=O)C[C@H](Oc1ccc(C(F)(F)F)c(C#N)c1)[C@H]1CCNC1. The summed E-state index contributed by atoms with van der Waals surface area (Å²) in [6.07, 6.45) is -1.87. The molecule has 2 heterocycles. The van der Waals surface area contributed by atoms with Crippen LogP contribution in [0.25, 0.3) is 0 Å². The van der Waals surface area contributed by atoms with Crippen LogP contribution in [0.15, 0.2) is 36.4 Å². The van der Waals surface area contributed by atoms with E-state index in [0.29, 0.717) is 29.3 Å². The van der Waals surface area contributed by atoms with Crippen LogP contribution < -0.4 is 20.1 Å². The van der Waals surface area contributed by atoms with Crippen LogP contribution in [0.3, 0.4) is 0 Å². The van der Waals surface area contributed by atoms with Crippen LogP contribution >= 0.6 is 11.6 Å². The molecule has 2 N–H and O–H groups in total. The van der Waals surface area contributed by atoms with E-state index in [9.17, 15) is 30.0 Å². The van der Waals surface area contributed by atoms with E-state index in [2.05, 4.69) is 10.6 Å². The number of nitrogens with one attached hydrogen (secondary N) is 2. The van der Waals surface area contributed by atoms with Crippen molar-refractivity contribution in [2.75, 3.05) is 50.2 Å². The normalized spacial score (nSPS) is 19.8. The number of nitriles is 2. The Bertz CT molecular complexity index is 1630. The quantitative estimate of drug-likeness (QED) is 0.377. The number of hydrogen-bond donors (Lipinski definition) is 2. The summed E-state index contributed by atoms with van der Waals surface area (Å²) in [5.41, 5.74) is -1.28. The first-order valence-electron chi connectivity index (χ1n) is 13.9. The highest BCUT2D eigenvalue weighted by Crippen LogP contribution is 2.34. The third-order valence-electron chi connectivity index (χ3n) is 7.23. The largest absolute Gasteiger partial charge is 0.489 e. The second kappa shape index (κ2) is 15.5. The zero-order chi connectivity index (χ0) is 33.4. The highest BCUT2D eigenvalue weighted by atomic mass is 35.5. The van der Waals surface area contributed by atoms with Crippen molar-refractivity contribution in [2.24, 2.45) is 11.8 Å². The summed E-state index contributed by atoms with van der Waals surface area (Å²) in [6.45, 7) is 2.90. The lowest BCUT2D eigenvalue weighted by Crippen LogP contribution is -2.35. The predicted molar refractivity (Wildman–Crippen MR) is 163 cm³/mol. The summed E-state index contributed by atoms with van der Waals surface area (Å²) in [5, 5.41) is 24.6. The van der Waals surface area contributed by atoms with Gasteiger partial charge in [0.2, 0.25) is 0 Å². The van der Waals surface area contributed by atoms with Gasteiger partial charge in [0, 0.05) is 37.4 Å². The average molecular weight is 691 g/mol. The molecule has 0 spiro atoms. The molecule has 4 rings (SSSR count). The molecule has 2 aromatic carbocycles. The van der Waals surface area contributed by atoms with Crippen molar-refractivity contribution in [3.63, 3.8) is 0 Å². The first-order valence-corrected chi connectivity index (χ1v) is 18.4. The van der Waals surface area contributed by atoms with Crippen LogP contribution in [0.2, 0.25) is 5.02 Å². The summed E-state index contributed by atoms with van der Waals surface area (Å²) in [4.78, 5) is 0. The Morgan fingerprint density at radius 1 is 0.844 bits per heavy atom. The Labute approximate surface area is 266 Å². The summed E-state index contributed by atoms with van der Waals surface area (Å²) in [6, 6.07) is 11.2. The van der Waals surface area contributed by atoms with Crippen molar-refractivity contribution < 1.29 is 39.5 Å². The van der Waals surface area contributed by atoms with Crippen LogP contribution in [0.5, 0.6) is 11.5 Å². The van der Waals surface area contributed by atoms with Gasteiger partial charge < -0.3 is 20.1 Å². The molecule has 4 atom stereocenters. The molecule has 2 saturated heterocycles. The molecule has 246 valence electrons. The fraction of sp³-hybridized carbons (Fsp3) is 0.517. The molecular weight excluding hydrogens is 657 g/mol. The van der Waals surface area contributed by atoms with Gasteiger partial charge in [0.05, 0.1) is 39.3 Å². The molecule has 0 amide bonds. The molecule has 0 bridgehead atoms. The number of sulfone groups is 2. The molecule has 2 aromatic rings. The topological polar surface area (TPSA) is 158 Å². The van der Waals surface area contributed by atoms with Crippen molar-refractivity contribution in [1.82, 2.24) is 10.6 Å². The molecule has 0 aliphatic carbocycles. The number of hydrogen-bond acceptors (Lipinski definition) is 10. The first kappa shape index (κ1) is 36.4. The third-order valence-corrected chi connectivity index (χ3v) is 9.43. The maximum atomic E-state index is 12.8. The molecule has 0 aromatic heterocycles. The van der Waals surface area contributed by atoms with Gasteiger partial charge in [-0.1, -0.05) is 11.6 Å². The summed E-state index contributed by atoms with van der Waals surface area (Å²) >= 11 is 5.88. The number of ether oxygens (including phenoxy) is 2. The predicted octanol–water partition coefficient (Wildman–Crippen LogP) is 3.59. The highest BCUT2D eigenvalue weighted by molar-refractivity contribution is 7.90. The van der Waals surface area contributed by atoms with Crippen LogP contribution in [-0.2, 0) is 25.9 Å². The number of rotatable bonds is 10. The number of benzene rings is 2. The number of alkyl halides is 3. The Balaban J connectivity index is 0.000000248. The first-order chi connectivity index (χ1) is 21.0. The molecule has 0 unspecified atom stereocenters. The maximum Gasteiger partial charge on any atom is 0.417 e. The summed E-state index contributed by atoms with van der Waals surface area (Å²) < 4.78 is 96.3. The Morgan fingerprint density at radius 2 is 1.29 bits per heavy atom. The lowest BCUT2D eigenvalue weighted by atomic mass is 10.0.